The van der Waals surface area contributed by atoms with Crippen LogP contribution in [-0.2, 0) is 20.8 Å². The molecule has 2 atom stereocenters. The van der Waals surface area contributed by atoms with Crippen molar-refractivity contribution < 1.29 is 19.1 Å². The number of hydrogen-bond acceptors (Lipinski definition) is 4. The molecule has 0 aromatic heterocycles. The van der Waals surface area contributed by atoms with Crippen molar-refractivity contribution in [2.24, 2.45) is 5.92 Å². The second-order valence-corrected chi connectivity index (χ2v) is 8.82. The summed E-state index contributed by atoms with van der Waals surface area (Å²) in [4.78, 5) is 39.3. The van der Waals surface area contributed by atoms with Crippen molar-refractivity contribution in [3.63, 3.8) is 0 Å². The van der Waals surface area contributed by atoms with Crippen LogP contribution in [0.15, 0.2) is 54.6 Å². The molecule has 0 saturated carbocycles. The lowest BCUT2D eigenvalue weighted by molar-refractivity contribution is -0.142. The van der Waals surface area contributed by atoms with Gasteiger partial charge >= 0.3 is 0 Å². The van der Waals surface area contributed by atoms with E-state index in [1.807, 2.05) is 54.6 Å². The first-order chi connectivity index (χ1) is 16.0. The van der Waals surface area contributed by atoms with Crippen LogP contribution in [-0.4, -0.2) is 35.5 Å². The number of likely N-dealkylation sites (tertiary alicyclic amines) is 1. The Hall–Kier alpha value is -2.95. The Labute approximate surface area is 197 Å². The minimum atomic E-state index is -0.955. The number of nitrogens with zero attached hydrogens (tertiary/aromatic N) is 1. The van der Waals surface area contributed by atoms with Crippen LogP contribution >= 0.6 is 0 Å². The number of unbranched alkanes of at least 4 members (excludes halogenated alkanes) is 5. The highest BCUT2D eigenvalue weighted by molar-refractivity contribution is 6.42. The number of amides is 1. The maximum Gasteiger partial charge on any atom is 0.291 e. The van der Waals surface area contributed by atoms with Gasteiger partial charge in [-0.3, -0.25) is 14.4 Å². The summed E-state index contributed by atoms with van der Waals surface area (Å²) >= 11 is 0. The third-order valence-corrected chi connectivity index (χ3v) is 6.32. The van der Waals surface area contributed by atoms with E-state index in [1.54, 1.807) is 4.90 Å². The van der Waals surface area contributed by atoms with Gasteiger partial charge in [-0.15, -0.1) is 0 Å². The number of ketones is 2. The zero-order valence-electron chi connectivity index (χ0n) is 19.8. The highest BCUT2D eigenvalue weighted by Gasteiger charge is 2.49. The van der Waals surface area contributed by atoms with E-state index in [2.05, 4.69) is 6.92 Å². The van der Waals surface area contributed by atoms with Crippen molar-refractivity contribution in [3.8, 4) is 5.75 Å². The van der Waals surface area contributed by atoms with Gasteiger partial charge in [0.25, 0.3) is 5.91 Å². The van der Waals surface area contributed by atoms with E-state index in [1.165, 1.54) is 39.0 Å². The largest absolute Gasteiger partial charge is 0.494 e. The SMILES string of the molecule is CCCCCCCCOc1ccc(C2C(C(C)=O)C(=O)C(=O)N2CCc2ccccc2)cc1. The Morgan fingerprint density at radius 1 is 0.909 bits per heavy atom. The van der Waals surface area contributed by atoms with Gasteiger partial charge in [-0.2, -0.15) is 0 Å². The van der Waals surface area contributed by atoms with Crippen molar-refractivity contribution in [1.29, 1.82) is 0 Å². The van der Waals surface area contributed by atoms with E-state index in [-0.39, 0.29) is 5.78 Å². The van der Waals surface area contributed by atoms with Gasteiger partial charge in [-0.05, 0) is 43.0 Å². The molecule has 0 spiro atoms. The number of carbonyl (C=O) groups is 3. The Bertz CT molecular complexity index is 923. The Kier molecular flexibility index (Phi) is 9.23. The predicted molar refractivity (Wildman–Crippen MR) is 129 cm³/mol. The third kappa shape index (κ3) is 6.53. The second kappa shape index (κ2) is 12.3. The normalized spacial score (nSPS) is 18.1. The molecule has 1 saturated heterocycles. The monoisotopic (exact) mass is 449 g/mol. The van der Waals surface area contributed by atoms with Crippen molar-refractivity contribution >= 4 is 17.5 Å². The molecule has 2 unspecified atom stereocenters. The Morgan fingerprint density at radius 3 is 2.24 bits per heavy atom. The van der Waals surface area contributed by atoms with E-state index in [9.17, 15) is 14.4 Å². The second-order valence-electron chi connectivity index (χ2n) is 8.82. The number of benzene rings is 2. The van der Waals surface area contributed by atoms with E-state index in [0.29, 0.717) is 19.6 Å². The van der Waals surface area contributed by atoms with Crippen LogP contribution < -0.4 is 4.74 Å². The first-order valence-corrected chi connectivity index (χ1v) is 12.1. The summed E-state index contributed by atoms with van der Waals surface area (Å²) in [6, 6.07) is 16.7. The first-order valence-electron chi connectivity index (χ1n) is 12.1. The molecule has 0 N–H and O–H groups in total. The molecule has 1 heterocycles. The summed E-state index contributed by atoms with van der Waals surface area (Å²) in [5.41, 5.74) is 1.87. The van der Waals surface area contributed by atoms with Crippen LogP contribution in [0.1, 0.15) is 69.5 Å². The van der Waals surface area contributed by atoms with Gasteiger partial charge in [0, 0.05) is 6.54 Å². The van der Waals surface area contributed by atoms with Gasteiger partial charge in [0.2, 0.25) is 5.78 Å². The average Bonchev–Trinajstić information content (AvgIpc) is 3.08. The van der Waals surface area contributed by atoms with Crippen molar-refractivity contribution in [3.05, 3.63) is 65.7 Å². The lowest BCUT2D eigenvalue weighted by Crippen LogP contribution is -2.32. The van der Waals surface area contributed by atoms with Gasteiger partial charge in [-0.25, -0.2) is 0 Å². The molecule has 1 aliphatic heterocycles. The van der Waals surface area contributed by atoms with Crippen molar-refractivity contribution in [2.75, 3.05) is 13.2 Å². The highest BCUT2D eigenvalue weighted by Crippen LogP contribution is 2.37. The van der Waals surface area contributed by atoms with E-state index >= 15 is 0 Å². The fourth-order valence-electron chi connectivity index (χ4n) is 4.47. The minimum Gasteiger partial charge on any atom is -0.494 e. The number of Topliss-reactive ketones (excluding diaryl/α,β-unsaturated/α-hetero) is 2. The molecule has 0 radical (unpaired) electrons. The molecule has 5 heteroatoms. The maximum absolute atomic E-state index is 12.8. The number of ether oxygens (including phenoxy) is 1. The smallest absolute Gasteiger partial charge is 0.291 e. The predicted octanol–water partition coefficient (Wildman–Crippen LogP) is 5.33. The first kappa shape index (κ1) is 24.7. The van der Waals surface area contributed by atoms with Crippen LogP contribution in [0.25, 0.3) is 0 Å². The summed E-state index contributed by atoms with van der Waals surface area (Å²) in [6.45, 7) is 4.66. The highest BCUT2D eigenvalue weighted by atomic mass is 16.5. The zero-order chi connectivity index (χ0) is 23.6. The molecule has 176 valence electrons. The van der Waals surface area contributed by atoms with Gasteiger partial charge in [0.05, 0.1) is 12.6 Å². The fraction of sp³-hybridized carbons (Fsp3) is 0.464. The molecule has 0 bridgehead atoms. The average molecular weight is 450 g/mol. The number of rotatable bonds is 13. The summed E-state index contributed by atoms with van der Waals surface area (Å²) < 4.78 is 5.86. The van der Waals surface area contributed by atoms with Gasteiger partial charge < -0.3 is 9.64 Å². The van der Waals surface area contributed by atoms with E-state index in [4.69, 9.17) is 4.74 Å². The molecular weight excluding hydrogens is 414 g/mol. The molecule has 2 aromatic rings. The van der Waals surface area contributed by atoms with Gasteiger partial charge in [0.15, 0.2) is 0 Å². The van der Waals surface area contributed by atoms with Gasteiger partial charge in [0.1, 0.15) is 17.5 Å². The molecule has 3 rings (SSSR count). The zero-order valence-corrected chi connectivity index (χ0v) is 19.8. The van der Waals surface area contributed by atoms with Crippen LogP contribution in [0.5, 0.6) is 5.75 Å². The third-order valence-electron chi connectivity index (χ3n) is 6.32. The topological polar surface area (TPSA) is 63.7 Å². The van der Waals surface area contributed by atoms with Crippen molar-refractivity contribution in [1.82, 2.24) is 4.90 Å². The van der Waals surface area contributed by atoms with Gasteiger partial charge in [-0.1, -0.05) is 81.5 Å². The molecular formula is C28H35NO4. The van der Waals surface area contributed by atoms with E-state index in [0.717, 1.165) is 23.3 Å². The maximum atomic E-state index is 12.8. The molecule has 1 aliphatic rings. The molecule has 5 nitrogen and oxygen atoms in total. The lowest BCUT2D eigenvalue weighted by atomic mass is 9.90. The van der Waals surface area contributed by atoms with E-state index < -0.39 is 23.7 Å². The molecule has 1 fully saturated rings. The molecule has 1 amide bonds. The Morgan fingerprint density at radius 2 is 1.58 bits per heavy atom. The van der Waals surface area contributed by atoms with Crippen LogP contribution in [0.4, 0.5) is 0 Å². The standard InChI is InChI=1S/C28H35NO4/c1-3-4-5-6-7-11-20-33-24-16-14-23(15-17-24)26-25(21(2)30)27(31)28(32)29(26)19-18-22-12-9-8-10-13-22/h8-10,12-17,25-26H,3-7,11,18-20H2,1-2H3. The summed E-state index contributed by atoms with van der Waals surface area (Å²) in [6.07, 6.45) is 7.87. The lowest BCUT2D eigenvalue weighted by Gasteiger charge is -2.27. The van der Waals surface area contributed by atoms with Crippen LogP contribution in [0.2, 0.25) is 0 Å². The molecule has 2 aromatic carbocycles. The minimum absolute atomic E-state index is 0.274. The quantitative estimate of drug-likeness (QED) is 0.236. The summed E-state index contributed by atoms with van der Waals surface area (Å²) in [5, 5.41) is 0. The van der Waals surface area contributed by atoms with Crippen molar-refractivity contribution in [2.45, 2.75) is 64.8 Å². The fourth-order valence-corrected chi connectivity index (χ4v) is 4.47. The Balaban J connectivity index is 1.65. The molecule has 0 aliphatic carbocycles. The molecule has 33 heavy (non-hydrogen) atoms. The van der Waals surface area contributed by atoms with Crippen LogP contribution in [0.3, 0.4) is 0 Å². The number of hydrogen-bond donors (Lipinski definition) is 0. The summed E-state index contributed by atoms with van der Waals surface area (Å²) in [7, 11) is 0. The van der Waals surface area contributed by atoms with Crippen LogP contribution in [0, 0.1) is 5.92 Å². The summed E-state index contributed by atoms with van der Waals surface area (Å²) in [5.74, 6) is -1.64. The number of carbonyl (C=O) groups excluding carboxylic acids is 3.